The molecule has 1 aliphatic heterocycles. The fourth-order valence-electron chi connectivity index (χ4n) is 2.21. The second-order valence-electron chi connectivity index (χ2n) is 4.96. The molecular weight excluding hydrogens is 230 g/mol. The van der Waals surface area contributed by atoms with Gasteiger partial charge in [0, 0.05) is 31.3 Å². The number of nitrogens with one attached hydrogen (secondary N) is 1. The summed E-state index contributed by atoms with van der Waals surface area (Å²) < 4.78 is 1.92. The van der Waals surface area contributed by atoms with Crippen molar-refractivity contribution in [1.82, 2.24) is 20.1 Å². The molecule has 2 unspecified atom stereocenters. The van der Waals surface area contributed by atoms with E-state index in [0.717, 1.165) is 30.9 Å². The van der Waals surface area contributed by atoms with Gasteiger partial charge in [0.1, 0.15) is 5.82 Å². The fourth-order valence-corrected chi connectivity index (χ4v) is 2.21. The quantitative estimate of drug-likeness (QED) is 0.789. The van der Waals surface area contributed by atoms with Crippen LogP contribution in [0.4, 0.5) is 0 Å². The van der Waals surface area contributed by atoms with Crippen LogP contribution in [0.5, 0.6) is 0 Å². The first kappa shape index (κ1) is 13.0. The number of aryl methyl sites for hydroxylation is 2. The first-order chi connectivity index (χ1) is 8.58. The number of rotatable bonds is 4. The number of carbonyl (C=O) groups is 1. The minimum Gasteiger partial charge on any atom is -0.351 e. The monoisotopic (exact) mass is 251 g/mol. The third-order valence-corrected chi connectivity index (χ3v) is 3.09. The van der Waals surface area contributed by atoms with Gasteiger partial charge in [0.2, 0.25) is 5.91 Å². The number of amides is 1. The van der Waals surface area contributed by atoms with Crippen molar-refractivity contribution in [3.8, 4) is 0 Å². The Morgan fingerprint density at radius 1 is 1.67 bits per heavy atom. The Morgan fingerprint density at radius 2 is 2.44 bits per heavy atom. The van der Waals surface area contributed by atoms with Crippen molar-refractivity contribution < 1.29 is 4.79 Å². The molecule has 0 radical (unpaired) electrons. The van der Waals surface area contributed by atoms with E-state index < -0.39 is 0 Å². The lowest BCUT2D eigenvalue weighted by atomic mass is 10.1. The van der Waals surface area contributed by atoms with Crippen molar-refractivity contribution >= 4 is 5.91 Å². The molecule has 0 fully saturated rings. The standard InChI is InChI=1S/C12H21N5O/c1-3-10-15-11-5-4-9(7-17(11)16-10)14-12(18)6-8(2)13/h8-9H,3-7,13H2,1-2H3,(H,14,18). The molecule has 0 spiro atoms. The molecule has 100 valence electrons. The van der Waals surface area contributed by atoms with Gasteiger partial charge in [-0.25, -0.2) is 9.67 Å². The Bertz CT molecular complexity index is 426. The van der Waals surface area contributed by atoms with Crippen LogP contribution in [-0.2, 0) is 24.2 Å². The molecule has 1 aliphatic rings. The number of nitrogens with two attached hydrogens (primary N) is 1. The molecule has 1 amide bonds. The Kier molecular flexibility index (Phi) is 3.96. The minimum absolute atomic E-state index is 0.0225. The van der Waals surface area contributed by atoms with Crippen LogP contribution >= 0.6 is 0 Å². The number of fused-ring (bicyclic) bond motifs is 1. The van der Waals surface area contributed by atoms with Crippen LogP contribution in [0.2, 0.25) is 0 Å². The molecule has 3 N–H and O–H groups in total. The predicted octanol–water partition coefficient (Wildman–Crippen LogP) is 0.00880. The number of hydrogen-bond donors (Lipinski definition) is 2. The highest BCUT2D eigenvalue weighted by atomic mass is 16.1. The maximum absolute atomic E-state index is 11.7. The van der Waals surface area contributed by atoms with E-state index in [1.807, 2.05) is 18.5 Å². The van der Waals surface area contributed by atoms with Gasteiger partial charge in [-0.15, -0.1) is 0 Å². The third kappa shape index (κ3) is 3.07. The smallest absolute Gasteiger partial charge is 0.221 e. The SMILES string of the molecule is CCc1nc2n(n1)CC(NC(=O)CC(C)N)CC2. The second-order valence-corrected chi connectivity index (χ2v) is 4.96. The molecular formula is C12H21N5O. The molecule has 0 aromatic carbocycles. The number of aromatic nitrogens is 3. The van der Waals surface area contributed by atoms with Gasteiger partial charge in [-0.1, -0.05) is 6.92 Å². The summed E-state index contributed by atoms with van der Waals surface area (Å²) in [5.74, 6) is 1.94. The van der Waals surface area contributed by atoms with Crippen LogP contribution in [0.3, 0.4) is 0 Å². The number of nitrogens with zero attached hydrogens (tertiary/aromatic N) is 3. The van der Waals surface area contributed by atoms with E-state index in [9.17, 15) is 4.79 Å². The highest BCUT2D eigenvalue weighted by molar-refractivity contribution is 5.76. The molecule has 0 bridgehead atoms. The summed E-state index contributed by atoms with van der Waals surface area (Å²) in [7, 11) is 0. The molecule has 1 aromatic heterocycles. The van der Waals surface area contributed by atoms with Crippen molar-refractivity contribution in [3.05, 3.63) is 11.6 Å². The van der Waals surface area contributed by atoms with Gasteiger partial charge in [-0.2, -0.15) is 5.10 Å². The van der Waals surface area contributed by atoms with Crippen LogP contribution in [0.15, 0.2) is 0 Å². The van der Waals surface area contributed by atoms with E-state index in [-0.39, 0.29) is 18.0 Å². The minimum atomic E-state index is -0.0952. The van der Waals surface area contributed by atoms with Gasteiger partial charge in [-0.3, -0.25) is 4.79 Å². The summed E-state index contributed by atoms with van der Waals surface area (Å²) in [6.07, 6.45) is 3.02. The molecule has 1 aromatic rings. The lowest BCUT2D eigenvalue weighted by molar-refractivity contribution is -0.122. The van der Waals surface area contributed by atoms with Crippen LogP contribution in [0.25, 0.3) is 0 Å². The first-order valence-electron chi connectivity index (χ1n) is 6.56. The summed E-state index contributed by atoms with van der Waals surface area (Å²) in [6, 6.07) is 0.0531. The Morgan fingerprint density at radius 3 is 3.11 bits per heavy atom. The maximum atomic E-state index is 11.7. The molecule has 0 saturated carbocycles. The van der Waals surface area contributed by atoms with Crippen molar-refractivity contribution in [2.24, 2.45) is 5.73 Å². The summed E-state index contributed by atoms with van der Waals surface area (Å²) in [4.78, 5) is 16.1. The van der Waals surface area contributed by atoms with E-state index in [2.05, 4.69) is 15.4 Å². The second kappa shape index (κ2) is 5.48. The summed E-state index contributed by atoms with van der Waals surface area (Å²) >= 11 is 0. The van der Waals surface area contributed by atoms with Crippen LogP contribution in [0, 0.1) is 0 Å². The molecule has 6 nitrogen and oxygen atoms in total. The summed E-state index contributed by atoms with van der Waals surface area (Å²) in [6.45, 7) is 4.60. The number of carbonyl (C=O) groups excluding carboxylic acids is 1. The Labute approximate surface area is 107 Å². The largest absolute Gasteiger partial charge is 0.351 e. The van der Waals surface area contributed by atoms with Crippen LogP contribution in [-0.4, -0.2) is 32.8 Å². The van der Waals surface area contributed by atoms with Crippen molar-refractivity contribution in [2.45, 2.75) is 58.2 Å². The zero-order valence-electron chi connectivity index (χ0n) is 11.0. The lowest BCUT2D eigenvalue weighted by Crippen LogP contribution is -2.42. The van der Waals surface area contributed by atoms with Crippen LogP contribution in [0.1, 0.15) is 38.3 Å². The molecule has 0 aliphatic carbocycles. The summed E-state index contributed by atoms with van der Waals surface area (Å²) in [5, 5.41) is 7.43. The van der Waals surface area contributed by atoms with Gasteiger partial charge in [0.15, 0.2) is 5.82 Å². The van der Waals surface area contributed by atoms with Crippen molar-refractivity contribution in [2.75, 3.05) is 0 Å². The highest BCUT2D eigenvalue weighted by Crippen LogP contribution is 2.13. The zero-order chi connectivity index (χ0) is 13.1. The van der Waals surface area contributed by atoms with Crippen molar-refractivity contribution in [1.29, 1.82) is 0 Å². The average molecular weight is 251 g/mol. The van der Waals surface area contributed by atoms with Crippen molar-refractivity contribution in [3.63, 3.8) is 0 Å². The molecule has 2 rings (SSSR count). The Hall–Kier alpha value is -1.43. The number of hydrogen-bond acceptors (Lipinski definition) is 4. The van der Waals surface area contributed by atoms with E-state index in [1.165, 1.54) is 0 Å². The zero-order valence-corrected chi connectivity index (χ0v) is 11.0. The Balaban J connectivity index is 1.93. The lowest BCUT2D eigenvalue weighted by Gasteiger charge is -2.23. The van der Waals surface area contributed by atoms with Gasteiger partial charge in [0.05, 0.1) is 6.54 Å². The van der Waals surface area contributed by atoms with E-state index in [0.29, 0.717) is 13.0 Å². The molecule has 6 heteroatoms. The van der Waals surface area contributed by atoms with Gasteiger partial charge in [0.25, 0.3) is 0 Å². The van der Waals surface area contributed by atoms with E-state index >= 15 is 0 Å². The molecule has 2 atom stereocenters. The van der Waals surface area contributed by atoms with E-state index in [1.54, 1.807) is 0 Å². The summed E-state index contributed by atoms with van der Waals surface area (Å²) in [5.41, 5.74) is 5.61. The van der Waals surface area contributed by atoms with E-state index in [4.69, 9.17) is 5.73 Å². The average Bonchev–Trinajstić information content (AvgIpc) is 2.69. The normalized spacial score (nSPS) is 20.3. The third-order valence-electron chi connectivity index (χ3n) is 3.09. The first-order valence-corrected chi connectivity index (χ1v) is 6.56. The van der Waals surface area contributed by atoms with Gasteiger partial charge >= 0.3 is 0 Å². The topological polar surface area (TPSA) is 85.8 Å². The van der Waals surface area contributed by atoms with Gasteiger partial charge < -0.3 is 11.1 Å². The predicted molar refractivity (Wildman–Crippen MR) is 67.9 cm³/mol. The molecule has 2 heterocycles. The van der Waals surface area contributed by atoms with Gasteiger partial charge in [-0.05, 0) is 13.3 Å². The highest BCUT2D eigenvalue weighted by Gasteiger charge is 2.22. The fraction of sp³-hybridized carbons (Fsp3) is 0.750. The maximum Gasteiger partial charge on any atom is 0.221 e. The van der Waals surface area contributed by atoms with Crippen LogP contribution < -0.4 is 11.1 Å². The molecule has 18 heavy (non-hydrogen) atoms. The molecule has 0 saturated heterocycles.